The zero-order chi connectivity index (χ0) is 21.4. The Morgan fingerprint density at radius 1 is 1.10 bits per heavy atom. The molecular formula is C19H18F3N3O4. The number of alkyl halides is 2. The van der Waals surface area contributed by atoms with Crippen LogP contribution in [0, 0.1) is 5.82 Å². The van der Waals surface area contributed by atoms with Crippen molar-refractivity contribution in [3.8, 4) is 5.75 Å². The van der Waals surface area contributed by atoms with Crippen LogP contribution in [0.5, 0.6) is 5.75 Å². The van der Waals surface area contributed by atoms with E-state index in [4.69, 9.17) is 0 Å². The number of ether oxygens (including phenoxy) is 1. The van der Waals surface area contributed by atoms with Crippen LogP contribution in [0.25, 0.3) is 0 Å². The molecule has 0 aromatic heterocycles. The zero-order valence-electron chi connectivity index (χ0n) is 15.3. The van der Waals surface area contributed by atoms with Crippen molar-refractivity contribution in [2.45, 2.75) is 6.61 Å². The first-order valence-electron chi connectivity index (χ1n) is 8.37. The molecule has 7 nitrogen and oxygen atoms in total. The highest BCUT2D eigenvalue weighted by atomic mass is 19.3. The Morgan fingerprint density at radius 2 is 1.83 bits per heavy atom. The van der Waals surface area contributed by atoms with Gasteiger partial charge in [0.2, 0.25) is 11.8 Å². The first-order valence-corrected chi connectivity index (χ1v) is 8.37. The normalized spacial score (nSPS) is 10.4. The fourth-order valence-corrected chi connectivity index (χ4v) is 2.31. The summed E-state index contributed by atoms with van der Waals surface area (Å²) in [4.78, 5) is 37.2. The number of nitrogens with one attached hydrogen (secondary N) is 2. The fourth-order valence-electron chi connectivity index (χ4n) is 2.31. The quantitative estimate of drug-likeness (QED) is 0.700. The number of hydrogen-bond donors (Lipinski definition) is 2. The van der Waals surface area contributed by atoms with Crippen LogP contribution in [0.4, 0.5) is 18.9 Å². The topological polar surface area (TPSA) is 87.7 Å². The van der Waals surface area contributed by atoms with Crippen LogP contribution in [-0.4, -0.2) is 49.4 Å². The molecule has 2 aromatic carbocycles. The first kappa shape index (κ1) is 21.7. The minimum atomic E-state index is -3.10. The number of halogens is 3. The lowest BCUT2D eigenvalue weighted by Crippen LogP contribution is -2.41. The number of amides is 3. The van der Waals surface area contributed by atoms with E-state index in [2.05, 4.69) is 15.4 Å². The smallest absolute Gasteiger partial charge is 0.387 e. The van der Waals surface area contributed by atoms with Gasteiger partial charge in [0, 0.05) is 12.7 Å². The van der Waals surface area contributed by atoms with Gasteiger partial charge < -0.3 is 20.3 Å². The van der Waals surface area contributed by atoms with Gasteiger partial charge in [0.1, 0.15) is 11.6 Å². The maximum Gasteiger partial charge on any atom is 0.387 e. The lowest BCUT2D eigenvalue weighted by molar-refractivity contribution is -0.132. The number of para-hydroxylation sites is 1. The predicted octanol–water partition coefficient (Wildman–Crippen LogP) is 2.25. The summed E-state index contributed by atoms with van der Waals surface area (Å²) < 4.78 is 42.2. The van der Waals surface area contributed by atoms with Crippen LogP contribution in [-0.2, 0) is 9.59 Å². The molecule has 2 N–H and O–H groups in total. The van der Waals surface area contributed by atoms with Gasteiger partial charge in [-0.05, 0) is 30.3 Å². The van der Waals surface area contributed by atoms with E-state index in [1.165, 1.54) is 49.5 Å². The summed E-state index contributed by atoms with van der Waals surface area (Å²) in [5.41, 5.74) is 0.0758. The maximum absolute atomic E-state index is 13.1. The first-order chi connectivity index (χ1) is 13.8. The van der Waals surface area contributed by atoms with Gasteiger partial charge in [-0.3, -0.25) is 14.4 Å². The molecule has 0 heterocycles. The monoisotopic (exact) mass is 409 g/mol. The van der Waals surface area contributed by atoms with Crippen molar-refractivity contribution >= 4 is 23.4 Å². The highest BCUT2D eigenvalue weighted by Gasteiger charge is 2.18. The number of nitrogens with zero attached hydrogens (tertiary/aromatic N) is 1. The van der Waals surface area contributed by atoms with Crippen LogP contribution in [0.1, 0.15) is 10.4 Å². The number of likely N-dealkylation sites (N-methyl/N-ethyl adjacent to an activating group) is 1. The average molecular weight is 409 g/mol. The summed E-state index contributed by atoms with van der Waals surface area (Å²) in [6.07, 6.45) is 0. The van der Waals surface area contributed by atoms with E-state index < -0.39 is 36.7 Å². The molecule has 0 aliphatic rings. The molecule has 0 aliphatic carbocycles. The fraction of sp³-hybridized carbons (Fsp3) is 0.211. The van der Waals surface area contributed by atoms with E-state index in [-0.39, 0.29) is 23.5 Å². The lowest BCUT2D eigenvalue weighted by atomic mass is 10.2. The molecule has 3 amide bonds. The molecule has 0 bridgehead atoms. The number of anilines is 1. The van der Waals surface area contributed by atoms with E-state index in [0.29, 0.717) is 0 Å². The van der Waals surface area contributed by atoms with E-state index in [1.807, 2.05) is 0 Å². The van der Waals surface area contributed by atoms with Crippen molar-refractivity contribution in [1.82, 2.24) is 10.2 Å². The van der Waals surface area contributed by atoms with Gasteiger partial charge in [0.05, 0.1) is 18.7 Å². The molecule has 0 radical (unpaired) electrons. The van der Waals surface area contributed by atoms with E-state index >= 15 is 0 Å². The number of carbonyl (C=O) groups is 3. The summed E-state index contributed by atoms with van der Waals surface area (Å²) in [7, 11) is 1.34. The van der Waals surface area contributed by atoms with Crippen molar-refractivity contribution in [2.24, 2.45) is 0 Å². The Hall–Kier alpha value is -3.56. The van der Waals surface area contributed by atoms with Gasteiger partial charge in [0.25, 0.3) is 5.91 Å². The van der Waals surface area contributed by atoms with E-state index in [1.54, 1.807) is 0 Å². The second-order valence-corrected chi connectivity index (χ2v) is 5.87. The Bertz CT molecular complexity index is 893. The van der Waals surface area contributed by atoms with Crippen molar-refractivity contribution in [2.75, 3.05) is 25.5 Å². The summed E-state index contributed by atoms with van der Waals surface area (Å²) in [5.74, 6) is -2.79. The Balaban J connectivity index is 1.87. The van der Waals surface area contributed by atoms with Crippen LogP contribution >= 0.6 is 0 Å². The Morgan fingerprint density at radius 3 is 2.52 bits per heavy atom. The van der Waals surface area contributed by atoms with Gasteiger partial charge >= 0.3 is 6.61 Å². The standard InChI is InChI=1S/C19H18F3N3O4/c1-25(11-16(26)24-13-6-4-5-12(20)9-13)17(27)10-23-18(28)14-7-2-3-8-15(14)29-19(21)22/h2-9,19H,10-11H2,1H3,(H,23,28)(H,24,26). The summed E-state index contributed by atoms with van der Waals surface area (Å²) >= 11 is 0. The van der Waals surface area contributed by atoms with Crippen molar-refractivity contribution in [3.05, 3.63) is 59.9 Å². The summed E-state index contributed by atoms with van der Waals surface area (Å²) in [6, 6.07) is 10.6. The molecule has 10 heteroatoms. The highest BCUT2D eigenvalue weighted by molar-refractivity contribution is 5.99. The number of carbonyl (C=O) groups excluding carboxylic acids is 3. The minimum absolute atomic E-state index is 0.160. The SMILES string of the molecule is CN(CC(=O)Nc1cccc(F)c1)C(=O)CNC(=O)c1ccccc1OC(F)F. The third-order valence-corrected chi connectivity index (χ3v) is 3.66. The average Bonchev–Trinajstić information content (AvgIpc) is 2.65. The van der Waals surface area contributed by atoms with Crippen LogP contribution < -0.4 is 15.4 Å². The number of rotatable bonds is 8. The summed E-state index contributed by atoms with van der Waals surface area (Å²) in [6.45, 7) is -3.91. The van der Waals surface area contributed by atoms with E-state index in [0.717, 1.165) is 11.0 Å². The highest BCUT2D eigenvalue weighted by Crippen LogP contribution is 2.20. The van der Waals surface area contributed by atoms with E-state index in [9.17, 15) is 27.6 Å². The third kappa shape index (κ3) is 6.83. The Labute approximate surface area is 164 Å². The molecule has 0 saturated heterocycles. The van der Waals surface area contributed by atoms with Gasteiger partial charge in [-0.25, -0.2) is 4.39 Å². The largest absolute Gasteiger partial charge is 0.434 e. The summed E-state index contributed by atoms with van der Waals surface area (Å²) in [5, 5.41) is 4.72. The number of hydrogen-bond acceptors (Lipinski definition) is 4. The van der Waals surface area contributed by atoms with Gasteiger partial charge in [-0.1, -0.05) is 18.2 Å². The van der Waals surface area contributed by atoms with Gasteiger partial charge in [-0.2, -0.15) is 8.78 Å². The molecule has 154 valence electrons. The molecular weight excluding hydrogens is 391 g/mol. The van der Waals surface area contributed by atoms with Gasteiger partial charge in [-0.15, -0.1) is 0 Å². The predicted molar refractivity (Wildman–Crippen MR) is 98.1 cm³/mol. The molecule has 0 unspecified atom stereocenters. The molecule has 2 aromatic rings. The molecule has 0 saturated carbocycles. The zero-order valence-corrected chi connectivity index (χ0v) is 15.3. The maximum atomic E-state index is 13.1. The van der Waals surface area contributed by atoms with Crippen molar-refractivity contribution < 1.29 is 32.3 Å². The second kappa shape index (κ2) is 10.1. The molecule has 0 aliphatic heterocycles. The van der Waals surface area contributed by atoms with Crippen molar-refractivity contribution in [1.29, 1.82) is 0 Å². The lowest BCUT2D eigenvalue weighted by Gasteiger charge is -2.17. The molecule has 0 spiro atoms. The van der Waals surface area contributed by atoms with Crippen LogP contribution in [0.2, 0.25) is 0 Å². The van der Waals surface area contributed by atoms with Crippen LogP contribution in [0.15, 0.2) is 48.5 Å². The van der Waals surface area contributed by atoms with Crippen LogP contribution in [0.3, 0.4) is 0 Å². The number of benzene rings is 2. The minimum Gasteiger partial charge on any atom is -0.434 e. The third-order valence-electron chi connectivity index (χ3n) is 3.66. The van der Waals surface area contributed by atoms with Crippen molar-refractivity contribution in [3.63, 3.8) is 0 Å². The second-order valence-electron chi connectivity index (χ2n) is 5.87. The van der Waals surface area contributed by atoms with Gasteiger partial charge in [0.15, 0.2) is 0 Å². The Kier molecular flexibility index (Phi) is 7.58. The molecule has 29 heavy (non-hydrogen) atoms. The molecule has 0 fully saturated rings. The molecule has 0 atom stereocenters. The molecule has 2 rings (SSSR count).